The predicted octanol–water partition coefficient (Wildman–Crippen LogP) is 8.16. The molecule has 0 aliphatic carbocycles. The quantitative estimate of drug-likeness (QED) is 0.0821. The van der Waals surface area contributed by atoms with Crippen molar-refractivity contribution in [3.8, 4) is 0 Å². The van der Waals surface area contributed by atoms with E-state index in [0.717, 1.165) is 11.0 Å². The van der Waals surface area contributed by atoms with Crippen LogP contribution in [0.15, 0.2) is 0 Å². The van der Waals surface area contributed by atoms with E-state index in [2.05, 4.69) is 20.8 Å². The largest absolute Gasteiger partial charge is 0.324 e. The van der Waals surface area contributed by atoms with Crippen LogP contribution in [0, 0.1) is 0 Å². The van der Waals surface area contributed by atoms with E-state index < -0.39 is 10.1 Å². The van der Waals surface area contributed by atoms with Gasteiger partial charge in [-0.15, -0.1) is 0 Å². The fourth-order valence-electron chi connectivity index (χ4n) is 4.94. The van der Waals surface area contributed by atoms with Gasteiger partial charge in [0.1, 0.15) is 0 Å². The van der Waals surface area contributed by atoms with Crippen LogP contribution in [-0.4, -0.2) is 49.4 Å². The average molecular weight is 477 g/mol. The van der Waals surface area contributed by atoms with E-state index in [4.69, 9.17) is 0 Å². The smallest absolute Gasteiger partial charge is 0.265 e. The molecule has 0 amide bonds. The lowest BCUT2D eigenvalue weighted by atomic mass is 10.1. The lowest BCUT2D eigenvalue weighted by molar-refractivity contribution is -0.928. The number of hydrogen-bond acceptors (Lipinski definition) is 2. The molecule has 4 nitrogen and oxygen atoms in total. The monoisotopic (exact) mass is 476 g/mol. The van der Waals surface area contributed by atoms with Crippen molar-refractivity contribution < 1.29 is 17.5 Å². The van der Waals surface area contributed by atoms with Gasteiger partial charge in [0.25, 0.3) is 10.1 Å². The number of quaternary nitrogens is 1. The van der Waals surface area contributed by atoms with E-state index >= 15 is 0 Å². The first-order valence-corrected chi connectivity index (χ1v) is 15.8. The molecule has 0 spiro atoms. The van der Waals surface area contributed by atoms with Crippen molar-refractivity contribution in [2.45, 2.75) is 143 Å². The minimum Gasteiger partial charge on any atom is -0.324 e. The second-order valence-electron chi connectivity index (χ2n) is 10.2. The number of hydrogen-bond donors (Lipinski definition) is 1. The molecule has 0 aliphatic rings. The van der Waals surface area contributed by atoms with Gasteiger partial charge < -0.3 is 4.48 Å². The second-order valence-corrected chi connectivity index (χ2v) is 11.8. The fourth-order valence-corrected chi connectivity index (χ4v) is 5.43. The topological polar surface area (TPSA) is 54.4 Å². The number of unbranched alkanes of at least 4 members (excludes halogenated alkanes) is 15. The predicted molar refractivity (Wildman–Crippen MR) is 141 cm³/mol. The molecule has 0 unspecified atom stereocenters. The molecule has 1 N–H and O–H groups in total. The normalized spacial score (nSPS) is 12.5. The summed E-state index contributed by atoms with van der Waals surface area (Å²) in [6.07, 6.45) is 24.1. The highest BCUT2D eigenvalue weighted by Gasteiger charge is 2.26. The highest BCUT2D eigenvalue weighted by Crippen LogP contribution is 2.19. The van der Waals surface area contributed by atoms with Gasteiger partial charge in [0.15, 0.2) is 0 Å². The molecule has 194 valence electrons. The van der Waals surface area contributed by atoms with Crippen molar-refractivity contribution >= 4 is 10.1 Å². The second kappa shape index (κ2) is 21.4. The van der Waals surface area contributed by atoms with Crippen molar-refractivity contribution in [1.29, 1.82) is 0 Å². The maximum absolute atomic E-state index is 11.3. The van der Waals surface area contributed by atoms with Crippen LogP contribution in [0.2, 0.25) is 0 Å². The average Bonchev–Trinajstić information content (AvgIpc) is 2.74. The van der Waals surface area contributed by atoms with Crippen molar-refractivity contribution in [2.24, 2.45) is 0 Å². The summed E-state index contributed by atoms with van der Waals surface area (Å²) in [7, 11) is -3.86. The van der Waals surface area contributed by atoms with E-state index in [-0.39, 0.29) is 5.75 Å². The zero-order valence-corrected chi connectivity index (χ0v) is 22.9. The minimum atomic E-state index is -3.86. The van der Waals surface area contributed by atoms with Gasteiger partial charge in [-0.1, -0.05) is 97.8 Å². The summed E-state index contributed by atoms with van der Waals surface area (Å²) >= 11 is 0. The van der Waals surface area contributed by atoms with Crippen molar-refractivity contribution in [2.75, 3.05) is 31.9 Å². The van der Waals surface area contributed by atoms with E-state index in [1.165, 1.54) is 135 Å². The molecular formula is C27H58NO3S+. The maximum Gasteiger partial charge on any atom is 0.265 e. The molecule has 32 heavy (non-hydrogen) atoms. The SMILES string of the molecule is CCCCCCCC[N+](CCCCCCCC)(CCCCCCCC)CCCS(=O)(=O)O. The molecular weight excluding hydrogens is 418 g/mol. The molecule has 0 aromatic heterocycles. The molecule has 0 atom stereocenters. The molecule has 0 aromatic carbocycles. The number of nitrogens with zero attached hydrogens (tertiary/aromatic N) is 1. The number of rotatable bonds is 25. The molecule has 0 heterocycles. The third kappa shape index (κ3) is 20.5. The summed E-state index contributed by atoms with van der Waals surface area (Å²) in [5, 5.41) is 0. The molecule has 0 saturated carbocycles. The Balaban J connectivity index is 4.87. The van der Waals surface area contributed by atoms with Gasteiger partial charge in [0.05, 0.1) is 31.9 Å². The molecule has 0 radical (unpaired) electrons. The van der Waals surface area contributed by atoms with E-state index in [1.807, 2.05) is 0 Å². The molecule has 0 fully saturated rings. The Kier molecular flexibility index (Phi) is 21.3. The van der Waals surface area contributed by atoms with E-state index in [0.29, 0.717) is 6.42 Å². The summed E-state index contributed by atoms with van der Waals surface area (Å²) in [5.41, 5.74) is 0. The van der Waals surface area contributed by atoms with Crippen molar-refractivity contribution in [3.05, 3.63) is 0 Å². The highest BCUT2D eigenvalue weighted by atomic mass is 32.2. The Bertz CT molecular complexity index is 452. The van der Waals surface area contributed by atoms with Crippen molar-refractivity contribution in [1.82, 2.24) is 0 Å². The van der Waals surface area contributed by atoms with Gasteiger partial charge in [-0.3, -0.25) is 4.55 Å². The summed E-state index contributed by atoms with van der Waals surface area (Å²) in [6, 6.07) is 0. The zero-order valence-electron chi connectivity index (χ0n) is 22.1. The van der Waals surface area contributed by atoms with Gasteiger partial charge in [-0.05, 0) is 38.5 Å². The van der Waals surface area contributed by atoms with Crippen LogP contribution in [0.3, 0.4) is 0 Å². The highest BCUT2D eigenvalue weighted by molar-refractivity contribution is 7.85. The third-order valence-electron chi connectivity index (χ3n) is 6.99. The van der Waals surface area contributed by atoms with Gasteiger partial charge >= 0.3 is 0 Å². The minimum absolute atomic E-state index is 0.0868. The van der Waals surface area contributed by atoms with Crippen LogP contribution >= 0.6 is 0 Å². The fraction of sp³-hybridized carbons (Fsp3) is 1.00. The first-order chi connectivity index (χ1) is 15.4. The van der Waals surface area contributed by atoms with Gasteiger partial charge in [-0.25, -0.2) is 0 Å². The Morgan fingerprint density at radius 2 is 0.750 bits per heavy atom. The molecule has 0 aromatic rings. The standard InChI is InChI=1S/C27H57NO3S/c1-4-7-10-13-16-19-23-28(26-22-27-32(29,30)31,24-20-17-14-11-8-5-2)25-21-18-15-12-9-6-3/h4-27H2,1-3H3/p+1. The molecule has 0 rings (SSSR count). The van der Waals surface area contributed by atoms with E-state index in [9.17, 15) is 13.0 Å². The summed E-state index contributed by atoms with van der Waals surface area (Å²) in [6.45, 7) is 11.2. The summed E-state index contributed by atoms with van der Waals surface area (Å²) in [5.74, 6) is -0.0868. The lowest BCUT2D eigenvalue weighted by Crippen LogP contribution is -2.51. The first-order valence-electron chi connectivity index (χ1n) is 14.2. The van der Waals surface area contributed by atoms with Crippen LogP contribution in [0.25, 0.3) is 0 Å². The van der Waals surface area contributed by atoms with Gasteiger partial charge in [0, 0.05) is 6.42 Å². The van der Waals surface area contributed by atoms with Crippen molar-refractivity contribution in [3.63, 3.8) is 0 Å². The Hall–Kier alpha value is -0.130. The van der Waals surface area contributed by atoms with Crippen LogP contribution in [0.5, 0.6) is 0 Å². The lowest BCUT2D eigenvalue weighted by Gasteiger charge is -2.39. The van der Waals surface area contributed by atoms with E-state index in [1.54, 1.807) is 0 Å². The third-order valence-corrected chi connectivity index (χ3v) is 7.80. The summed E-state index contributed by atoms with van der Waals surface area (Å²) < 4.78 is 33.0. The van der Waals surface area contributed by atoms with Crippen LogP contribution in [0.1, 0.15) is 143 Å². The Labute approximate surface area is 202 Å². The van der Waals surface area contributed by atoms with Crippen LogP contribution < -0.4 is 0 Å². The Morgan fingerprint density at radius 1 is 0.469 bits per heavy atom. The molecule has 0 saturated heterocycles. The molecule has 5 heteroatoms. The molecule has 0 aliphatic heterocycles. The molecule has 0 bridgehead atoms. The maximum atomic E-state index is 11.3. The first kappa shape index (κ1) is 31.9. The van der Waals surface area contributed by atoms with Gasteiger partial charge in [-0.2, -0.15) is 8.42 Å². The summed E-state index contributed by atoms with van der Waals surface area (Å²) in [4.78, 5) is 0. The zero-order chi connectivity index (χ0) is 24.0. The van der Waals surface area contributed by atoms with Crippen LogP contribution in [0.4, 0.5) is 0 Å². The van der Waals surface area contributed by atoms with Crippen LogP contribution in [-0.2, 0) is 10.1 Å². The van der Waals surface area contributed by atoms with Gasteiger partial charge in [0.2, 0.25) is 0 Å². The Morgan fingerprint density at radius 3 is 1.06 bits per heavy atom.